The van der Waals surface area contributed by atoms with E-state index < -0.39 is 0 Å². The van der Waals surface area contributed by atoms with E-state index in [9.17, 15) is 0 Å². The van der Waals surface area contributed by atoms with E-state index in [1.165, 1.54) is 69.2 Å². The van der Waals surface area contributed by atoms with Gasteiger partial charge in [0.1, 0.15) is 0 Å². The minimum absolute atomic E-state index is 0. The molecule has 0 saturated carbocycles. The lowest BCUT2D eigenvalue weighted by molar-refractivity contribution is -0.932. The van der Waals surface area contributed by atoms with Gasteiger partial charge in [0.05, 0.1) is 26.2 Å². The van der Waals surface area contributed by atoms with E-state index in [4.69, 9.17) is 0 Å². The molecule has 0 unspecified atom stereocenters. The van der Waals surface area contributed by atoms with Crippen LogP contribution in [0.15, 0.2) is 0 Å². The Morgan fingerprint density at radius 3 is 2.00 bits per heavy atom. The normalized spacial score (nSPS) is 20.1. The number of hydrogen-bond acceptors (Lipinski definition) is 0. The maximum absolute atomic E-state index is 2.33. The van der Waals surface area contributed by atoms with Crippen molar-refractivity contribution in [1.82, 2.24) is 0 Å². The molecule has 1 rings (SSSR count). The van der Waals surface area contributed by atoms with Crippen LogP contribution in [0.4, 0.5) is 0 Å². The minimum Gasteiger partial charge on any atom is -1.00 e. The molecule has 1 aliphatic rings. The Morgan fingerprint density at radius 1 is 0.857 bits per heavy atom. The van der Waals surface area contributed by atoms with Crippen molar-refractivity contribution in [2.75, 3.05) is 26.2 Å². The van der Waals surface area contributed by atoms with E-state index in [1.807, 2.05) is 0 Å². The molecule has 1 heterocycles. The number of hydrogen-bond donors (Lipinski definition) is 0. The van der Waals surface area contributed by atoms with Crippen molar-refractivity contribution in [3.05, 3.63) is 0 Å². The Labute approximate surface area is 88.4 Å². The molecular formula is C12H26FN. The van der Waals surface area contributed by atoms with Crippen LogP contribution in [-0.4, -0.2) is 30.7 Å². The maximum Gasteiger partial charge on any atom is 0.0786 e. The maximum atomic E-state index is 2.33. The van der Waals surface area contributed by atoms with E-state index in [-0.39, 0.29) is 4.70 Å². The van der Waals surface area contributed by atoms with E-state index in [2.05, 4.69) is 13.8 Å². The first-order chi connectivity index (χ1) is 6.33. The number of likely N-dealkylation sites (tertiary alicyclic amines) is 1. The Kier molecular flexibility index (Phi) is 7.16. The van der Waals surface area contributed by atoms with Crippen molar-refractivity contribution in [3.63, 3.8) is 0 Å². The molecule has 0 amide bonds. The van der Waals surface area contributed by atoms with Crippen LogP contribution in [0.3, 0.4) is 0 Å². The molecule has 1 fully saturated rings. The third kappa shape index (κ3) is 3.95. The van der Waals surface area contributed by atoms with E-state index in [1.54, 1.807) is 0 Å². The summed E-state index contributed by atoms with van der Waals surface area (Å²) in [6, 6.07) is 0. The van der Waals surface area contributed by atoms with E-state index >= 15 is 0 Å². The molecule has 1 saturated heterocycles. The summed E-state index contributed by atoms with van der Waals surface area (Å²) >= 11 is 0. The zero-order valence-electron chi connectivity index (χ0n) is 9.90. The number of quaternary nitrogens is 1. The fourth-order valence-electron chi connectivity index (χ4n) is 2.71. The van der Waals surface area contributed by atoms with Crippen LogP contribution >= 0.6 is 0 Å². The largest absolute Gasteiger partial charge is 1.00 e. The highest BCUT2D eigenvalue weighted by Crippen LogP contribution is 2.20. The first-order valence-electron chi connectivity index (χ1n) is 6.18. The molecule has 0 aromatic rings. The second kappa shape index (κ2) is 7.22. The van der Waals surface area contributed by atoms with Gasteiger partial charge in [0.15, 0.2) is 0 Å². The third-order valence-electron chi connectivity index (χ3n) is 3.45. The Morgan fingerprint density at radius 2 is 1.50 bits per heavy atom. The SMILES string of the molecule is CCCC[N+]1(CCC)CCCCC1.[F-]. The summed E-state index contributed by atoms with van der Waals surface area (Å²) in [6.45, 7) is 10.5. The smallest absolute Gasteiger partial charge is 0.0786 e. The highest BCUT2D eigenvalue weighted by molar-refractivity contribution is 4.54. The molecule has 14 heavy (non-hydrogen) atoms. The Balaban J connectivity index is 0.00000169. The summed E-state index contributed by atoms with van der Waals surface area (Å²) in [5.74, 6) is 0. The summed E-state index contributed by atoms with van der Waals surface area (Å²) < 4.78 is 1.45. The topological polar surface area (TPSA) is 0 Å². The molecule has 0 spiro atoms. The first-order valence-corrected chi connectivity index (χ1v) is 6.18. The highest BCUT2D eigenvalue weighted by Gasteiger charge is 2.27. The minimum atomic E-state index is 0. The van der Waals surface area contributed by atoms with Crippen LogP contribution in [0.2, 0.25) is 0 Å². The molecule has 86 valence electrons. The third-order valence-corrected chi connectivity index (χ3v) is 3.45. The molecule has 0 atom stereocenters. The highest BCUT2D eigenvalue weighted by atomic mass is 19.0. The average Bonchev–Trinajstić information content (AvgIpc) is 2.17. The number of halogens is 1. The van der Waals surface area contributed by atoms with Crippen LogP contribution < -0.4 is 4.70 Å². The van der Waals surface area contributed by atoms with Gasteiger partial charge >= 0.3 is 0 Å². The van der Waals surface area contributed by atoms with Crippen molar-refractivity contribution < 1.29 is 9.19 Å². The Hall–Kier alpha value is -0.110. The average molecular weight is 203 g/mol. The summed E-state index contributed by atoms with van der Waals surface area (Å²) in [4.78, 5) is 0. The van der Waals surface area contributed by atoms with Crippen LogP contribution in [0, 0.1) is 0 Å². The summed E-state index contributed by atoms with van der Waals surface area (Å²) in [5, 5.41) is 0. The van der Waals surface area contributed by atoms with Crippen molar-refractivity contribution in [2.45, 2.75) is 52.4 Å². The van der Waals surface area contributed by atoms with E-state index in [0.29, 0.717) is 0 Å². The van der Waals surface area contributed by atoms with Gasteiger partial charge < -0.3 is 9.19 Å². The fourth-order valence-corrected chi connectivity index (χ4v) is 2.71. The van der Waals surface area contributed by atoms with Crippen LogP contribution in [-0.2, 0) is 0 Å². The number of unbranched alkanes of at least 4 members (excludes halogenated alkanes) is 1. The van der Waals surface area contributed by atoms with E-state index in [0.717, 1.165) is 0 Å². The molecule has 0 aromatic carbocycles. The van der Waals surface area contributed by atoms with Crippen molar-refractivity contribution in [2.24, 2.45) is 0 Å². The van der Waals surface area contributed by atoms with Gasteiger partial charge in [0, 0.05) is 0 Å². The quantitative estimate of drug-likeness (QED) is 0.560. The molecule has 0 radical (unpaired) electrons. The molecule has 0 bridgehead atoms. The van der Waals surface area contributed by atoms with Gasteiger partial charge in [-0.3, -0.25) is 0 Å². The second-order valence-electron chi connectivity index (χ2n) is 4.65. The zero-order chi connectivity index (χ0) is 9.57. The van der Waals surface area contributed by atoms with Gasteiger partial charge in [-0.2, -0.15) is 0 Å². The summed E-state index contributed by atoms with van der Waals surface area (Å²) in [5.41, 5.74) is 0. The molecule has 2 heteroatoms. The molecule has 1 nitrogen and oxygen atoms in total. The lowest BCUT2D eigenvalue weighted by Crippen LogP contribution is -3.00. The van der Waals surface area contributed by atoms with Gasteiger partial charge in [-0.25, -0.2) is 0 Å². The second-order valence-corrected chi connectivity index (χ2v) is 4.65. The molecule has 0 aliphatic carbocycles. The molecule has 1 aliphatic heterocycles. The van der Waals surface area contributed by atoms with Gasteiger partial charge in [0.2, 0.25) is 0 Å². The predicted molar refractivity (Wildman–Crippen MR) is 58.8 cm³/mol. The zero-order valence-corrected chi connectivity index (χ0v) is 9.90. The number of piperidine rings is 1. The first kappa shape index (κ1) is 13.9. The van der Waals surface area contributed by atoms with Crippen LogP contribution in [0.1, 0.15) is 52.4 Å². The van der Waals surface area contributed by atoms with Gasteiger partial charge in [-0.1, -0.05) is 20.3 Å². The van der Waals surface area contributed by atoms with Gasteiger partial charge in [-0.15, -0.1) is 0 Å². The van der Waals surface area contributed by atoms with Gasteiger partial charge in [0.25, 0.3) is 0 Å². The fraction of sp³-hybridized carbons (Fsp3) is 1.00. The molecule has 0 aromatic heterocycles. The summed E-state index contributed by atoms with van der Waals surface area (Å²) in [6.07, 6.45) is 8.59. The molecular weight excluding hydrogens is 177 g/mol. The van der Waals surface area contributed by atoms with Crippen LogP contribution in [0.25, 0.3) is 0 Å². The van der Waals surface area contributed by atoms with Crippen LogP contribution in [0.5, 0.6) is 0 Å². The lowest BCUT2D eigenvalue weighted by Gasteiger charge is -2.41. The Bertz CT molecular complexity index is 125. The molecule has 0 N–H and O–H groups in total. The van der Waals surface area contributed by atoms with Crippen molar-refractivity contribution >= 4 is 0 Å². The number of rotatable bonds is 5. The van der Waals surface area contributed by atoms with Crippen molar-refractivity contribution in [1.29, 1.82) is 0 Å². The standard InChI is InChI=1S/C12H26N.FH/c1-3-5-10-13(9-4-2)11-7-6-8-12-13;/h3-12H2,1-2H3;1H/q+1;/p-1. The lowest BCUT2D eigenvalue weighted by atomic mass is 10.1. The summed E-state index contributed by atoms with van der Waals surface area (Å²) in [7, 11) is 0. The van der Waals surface area contributed by atoms with Gasteiger partial charge in [-0.05, 0) is 32.1 Å². The van der Waals surface area contributed by atoms with Crippen molar-refractivity contribution in [3.8, 4) is 0 Å². The number of nitrogens with zero attached hydrogens (tertiary/aromatic N) is 1. The predicted octanol–water partition coefficient (Wildman–Crippen LogP) is 0.201. The monoisotopic (exact) mass is 203 g/mol.